The number of carbonyl (C=O) groups is 2. The molecule has 2 amide bonds. The van der Waals surface area contributed by atoms with Crippen LogP contribution in [0.2, 0.25) is 0 Å². The number of benzene rings is 2. The van der Waals surface area contributed by atoms with Gasteiger partial charge in [-0.1, -0.05) is 12.1 Å². The minimum atomic E-state index is -2.30. The molecule has 118 valence electrons. The van der Waals surface area contributed by atoms with Gasteiger partial charge in [-0.2, -0.15) is 0 Å². The average molecular weight is 327 g/mol. The highest BCUT2D eigenvalue weighted by Crippen LogP contribution is 2.28. The molecule has 0 fully saturated rings. The van der Waals surface area contributed by atoms with Crippen molar-refractivity contribution in [2.45, 2.75) is 6.54 Å². The van der Waals surface area contributed by atoms with E-state index >= 15 is 0 Å². The number of imide groups is 1. The molecule has 1 aliphatic rings. The third-order valence-electron chi connectivity index (χ3n) is 3.50. The van der Waals surface area contributed by atoms with E-state index < -0.39 is 53.0 Å². The van der Waals surface area contributed by atoms with Crippen LogP contribution in [-0.2, 0) is 6.54 Å². The first-order valence-electron chi connectivity index (χ1n) is 6.30. The highest BCUT2D eigenvalue weighted by Gasteiger charge is 2.37. The number of rotatable bonds is 2. The van der Waals surface area contributed by atoms with Crippen molar-refractivity contribution in [2.75, 3.05) is 0 Å². The molecular formula is C15H6F5NO2. The molecular weight excluding hydrogens is 321 g/mol. The Kier molecular flexibility index (Phi) is 3.39. The smallest absolute Gasteiger partial charge is 0.261 e. The summed E-state index contributed by atoms with van der Waals surface area (Å²) in [5.41, 5.74) is -1.24. The zero-order valence-corrected chi connectivity index (χ0v) is 11.2. The van der Waals surface area contributed by atoms with E-state index in [2.05, 4.69) is 0 Å². The zero-order valence-electron chi connectivity index (χ0n) is 11.2. The number of carbonyl (C=O) groups excluding carboxylic acids is 2. The molecule has 0 bridgehead atoms. The molecule has 3 rings (SSSR count). The SMILES string of the molecule is O=C1c2ccccc2C(=O)N1Cc1c(F)c(F)c(F)c(F)c1F. The van der Waals surface area contributed by atoms with Gasteiger partial charge in [0.1, 0.15) is 0 Å². The fraction of sp³-hybridized carbons (Fsp3) is 0.0667. The highest BCUT2D eigenvalue weighted by atomic mass is 19.2. The predicted octanol–water partition coefficient (Wildman–Crippen LogP) is 3.18. The maximum atomic E-state index is 13.7. The van der Waals surface area contributed by atoms with Crippen LogP contribution in [0.1, 0.15) is 26.3 Å². The average Bonchev–Trinajstić information content (AvgIpc) is 2.80. The first-order chi connectivity index (χ1) is 10.8. The molecule has 1 aliphatic heterocycles. The van der Waals surface area contributed by atoms with Gasteiger partial charge in [0.05, 0.1) is 17.7 Å². The number of nitrogens with zero attached hydrogens (tertiary/aromatic N) is 1. The quantitative estimate of drug-likeness (QED) is 0.368. The van der Waals surface area contributed by atoms with Crippen LogP contribution in [-0.4, -0.2) is 16.7 Å². The van der Waals surface area contributed by atoms with Crippen molar-refractivity contribution < 1.29 is 31.5 Å². The summed E-state index contributed by atoms with van der Waals surface area (Å²) in [5.74, 6) is -12.4. The molecule has 0 aromatic heterocycles. The minimum Gasteiger partial charge on any atom is -0.270 e. The summed E-state index contributed by atoms with van der Waals surface area (Å²) in [4.78, 5) is 24.6. The standard InChI is InChI=1S/C15H6F5NO2/c16-9-8(10(17)12(19)13(20)11(9)18)5-21-14(22)6-3-1-2-4-7(6)15(21)23/h1-4H,5H2. The summed E-state index contributed by atoms with van der Waals surface area (Å²) in [6, 6.07) is 5.61. The number of halogens is 5. The van der Waals surface area contributed by atoms with Gasteiger partial charge in [0, 0.05) is 5.56 Å². The van der Waals surface area contributed by atoms with Crippen molar-refractivity contribution in [1.29, 1.82) is 0 Å². The van der Waals surface area contributed by atoms with Gasteiger partial charge in [-0.25, -0.2) is 22.0 Å². The maximum Gasteiger partial charge on any atom is 0.261 e. The van der Waals surface area contributed by atoms with Crippen LogP contribution in [0.4, 0.5) is 22.0 Å². The fourth-order valence-corrected chi connectivity index (χ4v) is 2.33. The van der Waals surface area contributed by atoms with Gasteiger partial charge in [0.25, 0.3) is 11.8 Å². The second-order valence-electron chi connectivity index (χ2n) is 4.79. The molecule has 2 aromatic rings. The summed E-state index contributed by atoms with van der Waals surface area (Å²) in [5, 5.41) is 0. The summed E-state index contributed by atoms with van der Waals surface area (Å²) in [6.45, 7) is -1.06. The van der Waals surface area contributed by atoms with Crippen LogP contribution in [0.25, 0.3) is 0 Å². The molecule has 3 nitrogen and oxygen atoms in total. The minimum absolute atomic E-state index is 0.00127. The largest absolute Gasteiger partial charge is 0.270 e. The lowest BCUT2D eigenvalue weighted by Crippen LogP contribution is -2.30. The fourth-order valence-electron chi connectivity index (χ4n) is 2.33. The summed E-state index contributed by atoms with van der Waals surface area (Å²) >= 11 is 0. The van der Waals surface area contributed by atoms with Gasteiger partial charge in [0.15, 0.2) is 23.3 Å². The Balaban J connectivity index is 2.05. The van der Waals surface area contributed by atoms with Crippen LogP contribution in [0.15, 0.2) is 24.3 Å². The molecule has 0 N–H and O–H groups in total. The molecule has 23 heavy (non-hydrogen) atoms. The van der Waals surface area contributed by atoms with E-state index in [0.717, 1.165) is 0 Å². The lowest BCUT2D eigenvalue weighted by molar-refractivity contribution is 0.0638. The molecule has 0 atom stereocenters. The van der Waals surface area contributed by atoms with E-state index in [9.17, 15) is 31.5 Å². The van der Waals surface area contributed by atoms with Gasteiger partial charge in [-0.05, 0) is 12.1 Å². The molecule has 0 unspecified atom stereocenters. The molecule has 0 radical (unpaired) electrons. The summed E-state index contributed by atoms with van der Waals surface area (Å²) < 4.78 is 66.7. The third kappa shape index (κ3) is 2.09. The molecule has 0 spiro atoms. The Morgan fingerprint density at radius 2 is 1.09 bits per heavy atom. The van der Waals surface area contributed by atoms with Crippen LogP contribution in [0, 0.1) is 29.1 Å². The highest BCUT2D eigenvalue weighted by molar-refractivity contribution is 6.21. The van der Waals surface area contributed by atoms with Crippen LogP contribution in [0.3, 0.4) is 0 Å². The maximum absolute atomic E-state index is 13.7. The van der Waals surface area contributed by atoms with E-state index in [1.54, 1.807) is 0 Å². The third-order valence-corrected chi connectivity index (χ3v) is 3.50. The number of fused-ring (bicyclic) bond motifs is 1. The molecule has 2 aromatic carbocycles. The van der Waals surface area contributed by atoms with E-state index in [0.29, 0.717) is 4.90 Å². The number of hydrogen-bond donors (Lipinski definition) is 0. The van der Waals surface area contributed by atoms with Crippen molar-refractivity contribution in [2.24, 2.45) is 0 Å². The second-order valence-corrected chi connectivity index (χ2v) is 4.79. The first kappa shape index (κ1) is 15.1. The Morgan fingerprint density at radius 3 is 1.52 bits per heavy atom. The normalized spacial score (nSPS) is 13.7. The monoisotopic (exact) mass is 327 g/mol. The van der Waals surface area contributed by atoms with Crippen LogP contribution < -0.4 is 0 Å². The molecule has 1 heterocycles. The van der Waals surface area contributed by atoms with E-state index in [1.165, 1.54) is 24.3 Å². The topological polar surface area (TPSA) is 37.4 Å². The van der Waals surface area contributed by atoms with E-state index in [-0.39, 0.29) is 11.1 Å². The Morgan fingerprint density at radius 1 is 0.696 bits per heavy atom. The second kappa shape index (κ2) is 5.15. The lowest BCUT2D eigenvalue weighted by Gasteiger charge is -2.15. The molecule has 0 saturated carbocycles. The van der Waals surface area contributed by atoms with Gasteiger partial charge < -0.3 is 0 Å². The Hall–Kier alpha value is -2.77. The number of amides is 2. The van der Waals surface area contributed by atoms with Crippen LogP contribution in [0.5, 0.6) is 0 Å². The van der Waals surface area contributed by atoms with Gasteiger partial charge in [-0.3, -0.25) is 14.5 Å². The lowest BCUT2D eigenvalue weighted by atomic mass is 10.1. The first-order valence-corrected chi connectivity index (χ1v) is 6.30. The van der Waals surface area contributed by atoms with Gasteiger partial charge >= 0.3 is 0 Å². The van der Waals surface area contributed by atoms with Crippen molar-refractivity contribution in [1.82, 2.24) is 4.90 Å². The summed E-state index contributed by atoms with van der Waals surface area (Å²) in [7, 11) is 0. The number of hydrogen-bond acceptors (Lipinski definition) is 2. The van der Waals surface area contributed by atoms with Gasteiger partial charge in [0.2, 0.25) is 5.82 Å². The Bertz CT molecular complexity index is 801. The molecule has 0 aliphatic carbocycles. The predicted molar refractivity (Wildman–Crippen MR) is 66.9 cm³/mol. The Labute approximate surface area is 125 Å². The van der Waals surface area contributed by atoms with Crippen molar-refractivity contribution in [3.8, 4) is 0 Å². The zero-order chi connectivity index (χ0) is 16.9. The van der Waals surface area contributed by atoms with Crippen molar-refractivity contribution in [3.63, 3.8) is 0 Å². The van der Waals surface area contributed by atoms with Crippen molar-refractivity contribution >= 4 is 11.8 Å². The van der Waals surface area contributed by atoms with E-state index in [1.807, 2.05) is 0 Å². The summed E-state index contributed by atoms with van der Waals surface area (Å²) in [6.07, 6.45) is 0. The van der Waals surface area contributed by atoms with Crippen LogP contribution >= 0.6 is 0 Å². The van der Waals surface area contributed by atoms with Crippen molar-refractivity contribution in [3.05, 3.63) is 70.0 Å². The molecule has 8 heteroatoms. The molecule has 0 saturated heterocycles. The van der Waals surface area contributed by atoms with Gasteiger partial charge in [-0.15, -0.1) is 0 Å². The van der Waals surface area contributed by atoms with E-state index in [4.69, 9.17) is 0 Å².